The second-order valence-electron chi connectivity index (χ2n) is 4.97. The number of benzene rings is 1. The number of nitrogens with one attached hydrogen (secondary N) is 1. The minimum absolute atomic E-state index is 0.0533. The number of nitrogens with zero attached hydrogens (tertiary/aromatic N) is 1. The smallest absolute Gasteiger partial charge is 0.307 e. The molecule has 1 aromatic rings. The van der Waals surface area contributed by atoms with Crippen LogP contribution in [0.3, 0.4) is 0 Å². The number of methoxy groups -OCH3 is 1. The van der Waals surface area contributed by atoms with Crippen molar-refractivity contribution in [1.82, 2.24) is 10.2 Å². The van der Waals surface area contributed by atoms with Gasteiger partial charge in [0.15, 0.2) is 0 Å². The monoisotopic (exact) mass is 324 g/mol. The van der Waals surface area contributed by atoms with Crippen LogP contribution in [0, 0.1) is 5.82 Å². The number of carbonyl (C=O) groups is 3. The molecule has 0 heterocycles. The van der Waals surface area contributed by atoms with Gasteiger partial charge in [0.1, 0.15) is 5.82 Å². The largest absolute Gasteiger partial charge is 0.469 e. The average Bonchev–Trinajstić information content (AvgIpc) is 2.52. The van der Waals surface area contributed by atoms with Gasteiger partial charge in [-0.15, -0.1) is 0 Å². The summed E-state index contributed by atoms with van der Waals surface area (Å²) in [5, 5.41) is 2.64. The Hall–Kier alpha value is -2.44. The fourth-order valence-corrected chi connectivity index (χ4v) is 1.98. The lowest BCUT2D eigenvalue weighted by atomic mass is 10.2. The Bertz CT molecular complexity index is 563. The van der Waals surface area contributed by atoms with Crippen molar-refractivity contribution < 1.29 is 23.5 Å². The molecule has 1 N–H and O–H groups in total. The van der Waals surface area contributed by atoms with Crippen LogP contribution in [0.1, 0.15) is 30.1 Å². The summed E-state index contributed by atoms with van der Waals surface area (Å²) in [7, 11) is 1.28. The molecule has 0 unspecified atom stereocenters. The quantitative estimate of drug-likeness (QED) is 0.579. The Balaban J connectivity index is 2.70. The third-order valence-corrected chi connectivity index (χ3v) is 3.15. The molecule has 0 bridgehead atoms. The Kier molecular flexibility index (Phi) is 7.73. The maximum absolute atomic E-state index is 13.3. The van der Waals surface area contributed by atoms with Crippen molar-refractivity contribution in [3.63, 3.8) is 0 Å². The molecular formula is C16H21FN2O4. The zero-order valence-electron chi connectivity index (χ0n) is 13.3. The topological polar surface area (TPSA) is 75.7 Å². The van der Waals surface area contributed by atoms with Crippen LogP contribution in [0.2, 0.25) is 0 Å². The van der Waals surface area contributed by atoms with Crippen LogP contribution < -0.4 is 5.32 Å². The van der Waals surface area contributed by atoms with Crippen LogP contribution in [-0.2, 0) is 14.3 Å². The summed E-state index contributed by atoms with van der Waals surface area (Å²) in [5.74, 6) is -1.44. The van der Waals surface area contributed by atoms with E-state index in [1.165, 1.54) is 37.1 Å². The molecule has 0 aliphatic rings. The van der Waals surface area contributed by atoms with Gasteiger partial charge in [-0.3, -0.25) is 14.4 Å². The molecule has 0 aromatic heterocycles. The van der Waals surface area contributed by atoms with Gasteiger partial charge in [-0.1, -0.05) is 6.07 Å². The molecule has 0 atom stereocenters. The molecule has 0 saturated carbocycles. The Morgan fingerprint density at radius 3 is 2.61 bits per heavy atom. The Morgan fingerprint density at radius 1 is 1.26 bits per heavy atom. The number of esters is 1. The fraction of sp³-hybridized carbons (Fsp3) is 0.438. The van der Waals surface area contributed by atoms with Gasteiger partial charge < -0.3 is 15.0 Å². The summed E-state index contributed by atoms with van der Waals surface area (Å²) in [6.07, 6.45) is 0.583. The fourth-order valence-electron chi connectivity index (χ4n) is 1.98. The van der Waals surface area contributed by atoms with Crippen molar-refractivity contribution in [3.8, 4) is 0 Å². The van der Waals surface area contributed by atoms with E-state index in [1.807, 2.05) is 0 Å². The number of carbonyl (C=O) groups excluding carboxylic acids is 3. The number of hydrogen-bond donors (Lipinski definition) is 1. The second-order valence-corrected chi connectivity index (χ2v) is 4.97. The summed E-state index contributed by atoms with van der Waals surface area (Å²) in [4.78, 5) is 36.0. The van der Waals surface area contributed by atoms with E-state index in [-0.39, 0.29) is 30.3 Å². The average molecular weight is 324 g/mol. The summed E-state index contributed by atoms with van der Waals surface area (Å²) in [5.41, 5.74) is 0.217. The summed E-state index contributed by atoms with van der Waals surface area (Å²) in [6.45, 7) is 2.34. The van der Waals surface area contributed by atoms with E-state index in [2.05, 4.69) is 10.1 Å². The molecule has 6 nitrogen and oxygen atoms in total. The van der Waals surface area contributed by atoms with Gasteiger partial charge >= 0.3 is 5.97 Å². The van der Waals surface area contributed by atoms with Gasteiger partial charge in [0.25, 0.3) is 5.91 Å². The normalized spacial score (nSPS) is 10.0. The lowest BCUT2D eigenvalue weighted by molar-refractivity contribution is -0.140. The molecule has 1 aromatic carbocycles. The highest BCUT2D eigenvalue weighted by atomic mass is 19.1. The van der Waals surface area contributed by atoms with Crippen LogP contribution in [0.4, 0.5) is 4.39 Å². The van der Waals surface area contributed by atoms with Crippen LogP contribution in [0.25, 0.3) is 0 Å². The van der Waals surface area contributed by atoms with E-state index in [0.717, 1.165) is 6.07 Å². The van der Waals surface area contributed by atoms with E-state index in [9.17, 15) is 18.8 Å². The van der Waals surface area contributed by atoms with Gasteiger partial charge in [-0.05, 0) is 24.6 Å². The number of hydrogen-bond acceptors (Lipinski definition) is 4. The third kappa shape index (κ3) is 6.90. The van der Waals surface area contributed by atoms with Gasteiger partial charge in [-0.2, -0.15) is 0 Å². The Labute approximate surface area is 134 Å². The first-order valence-corrected chi connectivity index (χ1v) is 7.30. The highest BCUT2D eigenvalue weighted by Gasteiger charge is 2.17. The molecule has 126 valence electrons. The van der Waals surface area contributed by atoms with Gasteiger partial charge in [0, 0.05) is 32.1 Å². The van der Waals surface area contributed by atoms with E-state index in [0.29, 0.717) is 19.5 Å². The van der Waals surface area contributed by atoms with Crippen LogP contribution in [0.15, 0.2) is 24.3 Å². The molecule has 0 fully saturated rings. The van der Waals surface area contributed by atoms with Crippen LogP contribution >= 0.6 is 0 Å². The number of amides is 2. The third-order valence-electron chi connectivity index (χ3n) is 3.15. The molecule has 7 heteroatoms. The van der Waals surface area contributed by atoms with Crippen molar-refractivity contribution in [3.05, 3.63) is 35.6 Å². The molecule has 0 spiro atoms. The first kappa shape index (κ1) is 18.6. The van der Waals surface area contributed by atoms with Crippen molar-refractivity contribution in [2.45, 2.75) is 19.8 Å². The highest BCUT2D eigenvalue weighted by Crippen LogP contribution is 2.09. The molecule has 0 aliphatic heterocycles. The first-order valence-electron chi connectivity index (χ1n) is 7.30. The van der Waals surface area contributed by atoms with E-state index >= 15 is 0 Å². The molecule has 0 aliphatic carbocycles. The maximum atomic E-state index is 13.3. The van der Waals surface area contributed by atoms with E-state index in [4.69, 9.17) is 0 Å². The van der Waals surface area contributed by atoms with Crippen LogP contribution in [0.5, 0.6) is 0 Å². The lowest BCUT2D eigenvalue weighted by Crippen LogP contribution is -2.35. The molecule has 0 saturated heterocycles. The minimum atomic E-state index is -0.498. The Morgan fingerprint density at radius 2 is 2.00 bits per heavy atom. The van der Waals surface area contributed by atoms with Gasteiger partial charge in [0.05, 0.1) is 13.5 Å². The summed E-state index contributed by atoms with van der Waals surface area (Å²) < 4.78 is 17.8. The second kappa shape index (κ2) is 9.55. The predicted molar refractivity (Wildman–Crippen MR) is 82.2 cm³/mol. The number of halogens is 1. The lowest BCUT2D eigenvalue weighted by Gasteiger charge is -2.22. The SMILES string of the molecule is COC(=O)CCN(CCCNC(C)=O)C(=O)c1cccc(F)c1. The number of ether oxygens (including phenoxy) is 1. The van der Waals surface area contributed by atoms with Crippen molar-refractivity contribution >= 4 is 17.8 Å². The molecule has 0 radical (unpaired) electrons. The van der Waals surface area contributed by atoms with Crippen molar-refractivity contribution in [2.24, 2.45) is 0 Å². The first-order chi connectivity index (χ1) is 10.9. The highest BCUT2D eigenvalue weighted by molar-refractivity contribution is 5.94. The molecule has 1 rings (SSSR count). The van der Waals surface area contributed by atoms with Gasteiger partial charge in [0.2, 0.25) is 5.91 Å². The summed E-state index contributed by atoms with van der Waals surface area (Å²) in [6, 6.07) is 5.39. The minimum Gasteiger partial charge on any atom is -0.469 e. The predicted octanol–water partition coefficient (Wildman–Crippen LogP) is 1.36. The zero-order valence-corrected chi connectivity index (χ0v) is 13.3. The molecule has 2 amide bonds. The molecule has 23 heavy (non-hydrogen) atoms. The standard InChI is InChI=1S/C16H21FN2O4/c1-12(20)18-8-4-9-19(10-7-15(21)23-2)16(22)13-5-3-6-14(17)11-13/h3,5-6,11H,4,7-10H2,1-2H3,(H,18,20). The van der Waals surface area contributed by atoms with E-state index < -0.39 is 11.8 Å². The van der Waals surface area contributed by atoms with Crippen LogP contribution in [-0.4, -0.2) is 49.4 Å². The van der Waals surface area contributed by atoms with Crippen molar-refractivity contribution in [2.75, 3.05) is 26.7 Å². The summed E-state index contributed by atoms with van der Waals surface area (Å²) >= 11 is 0. The maximum Gasteiger partial charge on any atom is 0.307 e. The van der Waals surface area contributed by atoms with E-state index in [1.54, 1.807) is 0 Å². The number of rotatable bonds is 8. The zero-order chi connectivity index (χ0) is 17.2. The van der Waals surface area contributed by atoms with Crippen molar-refractivity contribution in [1.29, 1.82) is 0 Å². The van der Waals surface area contributed by atoms with Gasteiger partial charge in [-0.25, -0.2) is 4.39 Å². The molecular weight excluding hydrogens is 303 g/mol.